The van der Waals surface area contributed by atoms with E-state index in [4.69, 9.17) is 4.74 Å². The second kappa shape index (κ2) is 7.28. The molecule has 0 aromatic heterocycles. The van der Waals surface area contributed by atoms with E-state index in [0.717, 1.165) is 23.5 Å². The van der Waals surface area contributed by atoms with Gasteiger partial charge in [-0.1, -0.05) is 0 Å². The summed E-state index contributed by atoms with van der Waals surface area (Å²) in [5.41, 5.74) is 0.552. The van der Waals surface area contributed by atoms with Crippen molar-refractivity contribution in [3.8, 4) is 5.75 Å². The van der Waals surface area contributed by atoms with Gasteiger partial charge in [-0.05, 0) is 0 Å². The average molecular weight is 355 g/mol. The maximum atomic E-state index is 12.0. The molecule has 0 bridgehead atoms. The number of carbonyl (C=O) groups excluding carboxylic acids is 1. The van der Waals surface area contributed by atoms with Gasteiger partial charge in [0, 0.05) is 0 Å². The quantitative estimate of drug-likeness (QED) is 0.615. The maximum absolute atomic E-state index is 12.0. The van der Waals surface area contributed by atoms with Crippen molar-refractivity contribution in [2.24, 2.45) is 4.99 Å². The Morgan fingerprint density at radius 2 is 2.27 bits per heavy atom. The van der Waals surface area contributed by atoms with E-state index in [2.05, 4.69) is 22.4 Å². The van der Waals surface area contributed by atoms with Crippen molar-refractivity contribution < 1.29 is 9.53 Å². The van der Waals surface area contributed by atoms with Crippen LogP contribution in [0.15, 0.2) is 53.5 Å². The molecule has 1 N–H and O–H groups in total. The number of nitrogens with one attached hydrogen (secondary N) is 1. The summed E-state index contributed by atoms with van der Waals surface area (Å²) in [5, 5.41) is 3.30. The van der Waals surface area contributed by atoms with Gasteiger partial charge in [0.25, 0.3) is 0 Å². The molecule has 0 aliphatic carbocycles. The van der Waals surface area contributed by atoms with E-state index in [1.807, 2.05) is 30.3 Å². The van der Waals surface area contributed by atoms with E-state index < -0.39 is 15.8 Å². The number of amidine groups is 1. The summed E-state index contributed by atoms with van der Waals surface area (Å²) in [4.78, 5) is 16.4. The summed E-state index contributed by atoms with van der Waals surface area (Å²) in [6.07, 6.45) is 0. The predicted molar refractivity (Wildman–Crippen MR) is 88.6 cm³/mol. The van der Waals surface area contributed by atoms with Gasteiger partial charge in [0.15, 0.2) is 0 Å². The molecule has 1 unspecified atom stereocenters. The van der Waals surface area contributed by atoms with Crippen molar-refractivity contribution in [3.63, 3.8) is 0 Å². The Balaban J connectivity index is 1.59. The van der Waals surface area contributed by atoms with Gasteiger partial charge < -0.3 is 0 Å². The molecule has 1 aliphatic heterocycles. The fourth-order valence-electron chi connectivity index (χ4n) is 2.08. The van der Waals surface area contributed by atoms with Crippen LogP contribution >= 0.6 is 0 Å². The molecular weight excluding hydrogens is 339 g/mol. The second-order valence-corrected chi connectivity index (χ2v) is 7.53. The van der Waals surface area contributed by atoms with E-state index >= 15 is 0 Å². The Labute approximate surface area is 136 Å². The Kier molecular flexibility index (Phi) is 4.91. The number of Topliss-reactive ketones (excluding diaryl/α,β-unsaturated/α-hetero) is 1. The van der Waals surface area contributed by atoms with E-state index in [-0.39, 0.29) is 12.4 Å². The zero-order chi connectivity index (χ0) is 15.2. The third-order valence-corrected chi connectivity index (χ3v) is 5.61. The SMILES string of the molecule is O=C(COc1cccc([AsH]C2=NCCN2)c1)c1[c]cccc1. The molecule has 1 atom stereocenters. The fourth-order valence-corrected chi connectivity index (χ4v) is 4.32. The summed E-state index contributed by atoms with van der Waals surface area (Å²) in [6.45, 7) is 1.84. The minimum absolute atomic E-state index is 0.0309. The van der Waals surface area contributed by atoms with Crippen LogP contribution in [0.5, 0.6) is 5.75 Å². The van der Waals surface area contributed by atoms with Crippen molar-refractivity contribution in [1.29, 1.82) is 0 Å². The number of hydrogen-bond donors (Lipinski definition) is 1. The molecule has 3 rings (SSSR count). The average Bonchev–Trinajstić information content (AvgIpc) is 3.07. The number of aliphatic imine (C=N–C) groups is 1. The topological polar surface area (TPSA) is 50.7 Å². The Bertz CT molecular complexity index is 686. The number of ether oxygens (including phenoxy) is 1. The Morgan fingerprint density at radius 1 is 1.32 bits per heavy atom. The van der Waals surface area contributed by atoms with E-state index in [1.165, 1.54) is 4.35 Å². The molecule has 1 radical (unpaired) electrons. The minimum atomic E-state index is -0.442. The van der Waals surface area contributed by atoms with Crippen LogP contribution in [0.2, 0.25) is 0 Å². The number of benzene rings is 2. The molecular formula is C17H16AsN2O2. The standard InChI is InChI=1S/C17H16AsN2O2/c21-16(13-5-2-1-3-6-13)12-22-15-8-4-7-14(11-15)18-17-19-9-10-20-17/h1-5,7-8,11,18H,9-10,12H2,(H,19,20). The Hall–Kier alpha value is -2.06. The van der Waals surface area contributed by atoms with Crippen LogP contribution in [-0.4, -0.2) is 45.9 Å². The third-order valence-electron chi connectivity index (χ3n) is 3.15. The van der Waals surface area contributed by atoms with Crippen molar-refractivity contribution in [2.75, 3.05) is 19.7 Å². The van der Waals surface area contributed by atoms with Gasteiger partial charge in [0.1, 0.15) is 0 Å². The third kappa shape index (κ3) is 3.98. The first-order valence-corrected chi connectivity index (χ1v) is 9.19. The molecule has 4 nitrogen and oxygen atoms in total. The van der Waals surface area contributed by atoms with E-state index in [9.17, 15) is 4.79 Å². The van der Waals surface area contributed by atoms with Gasteiger partial charge in [0.05, 0.1) is 0 Å². The first kappa shape index (κ1) is 14.9. The van der Waals surface area contributed by atoms with Gasteiger partial charge in [-0.3, -0.25) is 0 Å². The molecule has 111 valence electrons. The molecule has 0 amide bonds. The fraction of sp³-hybridized carbons (Fsp3) is 0.176. The number of ketones is 1. The first-order valence-electron chi connectivity index (χ1n) is 7.09. The molecule has 0 saturated heterocycles. The van der Waals surface area contributed by atoms with Gasteiger partial charge in [0.2, 0.25) is 0 Å². The number of rotatable bonds is 6. The molecule has 22 heavy (non-hydrogen) atoms. The summed E-state index contributed by atoms with van der Waals surface area (Å²) in [5.74, 6) is 0.660. The summed E-state index contributed by atoms with van der Waals surface area (Å²) >= 11 is -0.442. The Morgan fingerprint density at radius 3 is 3.05 bits per heavy atom. The molecule has 2 aromatic carbocycles. The molecule has 2 aromatic rings. The molecule has 5 heteroatoms. The van der Waals surface area contributed by atoms with Crippen molar-refractivity contribution in [1.82, 2.24) is 5.32 Å². The van der Waals surface area contributed by atoms with Crippen LogP contribution in [0.1, 0.15) is 10.4 Å². The zero-order valence-electron chi connectivity index (χ0n) is 12.0. The monoisotopic (exact) mass is 355 g/mol. The van der Waals surface area contributed by atoms with Gasteiger partial charge in [-0.15, -0.1) is 0 Å². The second-order valence-electron chi connectivity index (χ2n) is 4.80. The van der Waals surface area contributed by atoms with Crippen molar-refractivity contribution >= 4 is 30.5 Å². The van der Waals surface area contributed by atoms with Gasteiger partial charge in [-0.25, -0.2) is 0 Å². The van der Waals surface area contributed by atoms with E-state index in [0.29, 0.717) is 5.56 Å². The number of carbonyl (C=O) groups is 1. The molecule has 0 spiro atoms. The van der Waals surface area contributed by atoms with Crippen LogP contribution in [0.4, 0.5) is 0 Å². The summed E-state index contributed by atoms with van der Waals surface area (Å²) in [7, 11) is 0. The normalized spacial score (nSPS) is 13.9. The molecule has 1 aliphatic rings. The van der Waals surface area contributed by atoms with Crippen molar-refractivity contribution in [2.45, 2.75) is 0 Å². The van der Waals surface area contributed by atoms with Crippen LogP contribution in [0, 0.1) is 6.07 Å². The molecule has 1 heterocycles. The molecule has 0 fully saturated rings. The first-order chi connectivity index (χ1) is 10.8. The van der Waals surface area contributed by atoms with Crippen LogP contribution in [0.25, 0.3) is 0 Å². The summed E-state index contributed by atoms with van der Waals surface area (Å²) < 4.78 is 7.99. The number of nitrogens with zero attached hydrogens (tertiary/aromatic N) is 1. The van der Waals surface area contributed by atoms with Crippen LogP contribution in [0.3, 0.4) is 0 Å². The van der Waals surface area contributed by atoms with Crippen LogP contribution in [-0.2, 0) is 0 Å². The van der Waals surface area contributed by atoms with Crippen molar-refractivity contribution in [3.05, 3.63) is 60.2 Å². The summed E-state index contributed by atoms with van der Waals surface area (Å²) in [6, 6.07) is 18.0. The number of hydrogen-bond acceptors (Lipinski definition) is 4. The zero-order valence-corrected chi connectivity index (χ0v) is 14.1. The van der Waals surface area contributed by atoms with E-state index in [1.54, 1.807) is 12.1 Å². The molecule has 0 saturated carbocycles. The predicted octanol–water partition coefficient (Wildman–Crippen LogP) is 0.769. The van der Waals surface area contributed by atoms with Gasteiger partial charge >= 0.3 is 136 Å². The van der Waals surface area contributed by atoms with Crippen LogP contribution < -0.4 is 14.4 Å². The van der Waals surface area contributed by atoms with Gasteiger partial charge in [-0.2, -0.15) is 0 Å².